The van der Waals surface area contributed by atoms with Crippen LogP contribution in [0.4, 0.5) is 0 Å². The average Bonchev–Trinajstić information content (AvgIpc) is 2.80. The second-order valence-electron chi connectivity index (χ2n) is 3.62. The molecule has 0 aliphatic rings. The maximum atomic E-state index is 11.8. The summed E-state index contributed by atoms with van der Waals surface area (Å²) in [6, 6.07) is 3.12. The smallest absolute Gasteiger partial charge is 0.242 e. The third kappa shape index (κ3) is 3.59. The number of nitrogens with one attached hydrogen (secondary N) is 1. The van der Waals surface area contributed by atoms with Gasteiger partial charge in [-0.2, -0.15) is 0 Å². The van der Waals surface area contributed by atoms with Crippen molar-refractivity contribution in [2.75, 3.05) is 6.61 Å². The van der Waals surface area contributed by atoms with Gasteiger partial charge in [-0.15, -0.1) is 11.3 Å². The lowest BCUT2D eigenvalue weighted by Gasteiger charge is -2.18. The summed E-state index contributed by atoms with van der Waals surface area (Å²) in [5.74, 6) is -0.178. The first kappa shape index (κ1) is 13.2. The summed E-state index contributed by atoms with van der Waals surface area (Å²) in [6.45, 7) is 2.05. The molecule has 0 aliphatic heterocycles. The van der Waals surface area contributed by atoms with Crippen molar-refractivity contribution in [2.24, 2.45) is 5.73 Å². The fraction of sp³-hybridized carbons (Fsp3) is 0.545. The zero-order valence-electron chi connectivity index (χ0n) is 9.35. The van der Waals surface area contributed by atoms with Gasteiger partial charge < -0.3 is 16.2 Å². The Morgan fingerprint density at radius 1 is 1.69 bits per heavy atom. The summed E-state index contributed by atoms with van der Waals surface area (Å²) in [5.41, 5.74) is 5.82. The lowest BCUT2D eigenvalue weighted by atomic mass is 10.1. The van der Waals surface area contributed by atoms with Gasteiger partial charge in [0.25, 0.3) is 0 Å². The van der Waals surface area contributed by atoms with E-state index in [4.69, 9.17) is 10.8 Å². The summed E-state index contributed by atoms with van der Waals surface area (Å²) >= 11 is 1.47. The van der Waals surface area contributed by atoms with Gasteiger partial charge in [-0.1, -0.05) is 13.0 Å². The molecule has 0 saturated carbocycles. The number of rotatable bonds is 6. The topological polar surface area (TPSA) is 75.3 Å². The zero-order chi connectivity index (χ0) is 12.0. The molecule has 1 rings (SSSR count). The van der Waals surface area contributed by atoms with Gasteiger partial charge in [-0.05, 0) is 24.3 Å². The Morgan fingerprint density at radius 3 is 2.94 bits per heavy atom. The lowest BCUT2D eigenvalue weighted by Crippen LogP contribution is -2.40. The Kier molecular flexibility index (Phi) is 5.45. The van der Waals surface area contributed by atoms with Crippen molar-refractivity contribution in [1.82, 2.24) is 5.32 Å². The third-order valence-corrected chi connectivity index (χ3v) is 3.40. The van der Waals surface area contributed by atoms with E-state index in [-0.39, 0.29) is 18.6 Å². The van der Waals surface area contributed by atoms with Gasteiger partial charge in [0.15, 0.2) is 0 Å². The van der Waals surface area contributed by atoms with Crippen molar-refractivity contribution in [3.05, 3.63) is 22.4 Å². The van der Waals surface area contributed by atoms with E-state index in [0.717, 1.165) is 11.3 Å². The van der Waals surface area contributed by atoms with Gasteiger partial charge in [0.2, 0.25) is 5.91 Å². The Morgan fingerprint density at radius 2 is 2.44 bits per heavy atom. The first-order chi connectivity index (χ1) is 7.69. The van der Waals surface area contributed by atoms with Crippen LogP contribution >= 0.6 is 11.3 Å². The number of nitrogens with two attached hydrogens (primary N) is 1. The molecule has 0 bridgehead atoms. The molecular weight excluding hydrogens is 224 g/mol. The highest BCUT2D eigenvalue weighted by molar-refractivity contribution is 7.10. The molecule has 2 unspecified atom stereocenters. The minimum atomic E-state index is -0.604. The van der Waals surface area contributed by atoms with Crippen LogP contribution in [0.25, 0.3) is 0 Å². The van der Waals surface area contributed by atoms with E-state index in [1.165, 1.54) is 11.3 Å². The Balaban J connectivity index is 2.51. The van der Waals surface area contributed by atoms with Crippen molar-refractivity contribution in [2.45, 2.75) is 31.8 Å². The molecule has 0 aliphatic carbocycles. The van der Waals surface area contributed by atoms with Crippen molar-refractivity contribution in [1.29, 1.82) is 0 Å². The predicted octanol–water partition coefficient (Wildman–Crippen LogP) is 1.03. The van der Waals surface area contributed by atoms with Crippen molar-refractivity contribution < 1.29 is 9.90 Å². The number of hydrogen-bond acceptors (Lipinski definition) is 4. The Bertz CT molecular complexity index is 314. The van der Waals surface area contributed by atoms with E-state index in [1.54, 1.807) is 0 Å². The van der Waals surface area contributed by atoms with E-state index in [1.807, 2.05) is 24.4 Å². The summed E-state index contributed by atoms with van der Waals surface area (Å²) in [4.78, 5) is 12.6. The predicted molar refractivity (Wildman–Crippen MR) is 65.2 cm³/mol. The summed E-state index contributed by atoms with van der Waals surface area (Å²) in [6.07, 6.45) is 1.36. The van der Waals surface area contributed by atoms with Crippen LogP contribution in [0.3, 0.4) is 0 Å². The number of hydrogen-bond donors (Lipinski definition) is 3. The highest BCUT2D eigenvalue weighted by atomic mass is 32.1. The van der Waals surface area contributed by atoms with Gasteiger partial charge in [-0.3, -0.25) is 4.79 Å². The summed E-state index contributed by atoms with van der Waals surface area (Å²) in [5, 5.41) is 13.6. The lowest BCUT2D eigenvalue weighted by molar-refractivity contribution is -0.123. The molecule has 90 valence electrons. The number of aliphatic hydroxyl groups is 1. The molecule has 0 radical (unpaired) electrons. The molecule has 1 aromatic heterocycles. The number of amides is 1. The molecular formula is C11H18N2O2S. The van der Waals surface area contributed by atoms with Crippen LogP contribution in [0, 0.1) is 0 Å². The van der Waals surface area contributed by atoms with E-state index in [2.05, 4.69) is 5.32 Å². The van der Waals surface area contributed by atoms with Crippen LogP contribution in [0.15, 0.2) is 17.5 Å². The molecule has 5 heteroatoms. The largest absolute Gasteiger partial charge is 0.396 e. The highest BCUT2D eigenvalue weighted by Gasteiger charge is 2.19. The van der Waals surface area contributed by atoms with Gasteiger partial charge in [0.1, 0.15) is 6.04 Å². The van der Waals surface area contributed by atoms with Gasteiger partial charge in [0.05, 0.1) is 0 Å². The zero-order valence-corrected chi connectivity index (χ0v) is 10.2. The standard InChI is InChI=1S/C11H18N2O2S/c1-2-8(5-6-14)13-11(15)10(12)9-4-3-7-16-9/h3-4,7-8,10,14H,2,5-6,12H2,1H3,(H,13,15). The number of thiophene rings is 1. The molecule has 4 N–H and O–H groups in total. The van der Waals surface area contributed by atoms with Crippen LogP contribution < -0.4 is 11.1 Å². The third-order valence-electron chi connectivity index (χ3n) is 2.45. The number of carbonyl (C=O) groups is 1. The Labute approximate surface area is 99.5 Å². The normalized spacial score (nSPS) is 14.4. The maximum Gasteiger partial charge on any atom is 0.242 e. The molecule has 1 amide bonds. The fourth-order valence-electron chi connectivity index (χ4n) is 1.42. The highest BCUT2D eigenvalue weighted by Crippen LogP contribution is 2.17. The molecule has 0 aromatic carbocycles. The van der Waals surface area contributed by atoms with Gasteiger partial charge >= 0.3 is 0 Å². The van der Waals surface area contributed by atoms with Gasteiger partial charge in [0, 0.05) is 17.5 Å². The molecule has 1 aromatic rings. The first-order valence-corrected chi connectivity index (χ1v) is 6.27. The van der Waals surface area contributed by atoms with Crippen molar-refractivity contribution in [3.63, 3.8) is 0 Å². The average molecular weight is 242 g/mol. The van der Waals surface area contributed by atoms with Crippen molar-refractivity contribution in [3.8, 4) is 0 Å². The monoisotopic (exact) mass is 242 g/mol. The van der Waals surface area contributed by atoms with Crippen molar-refractivity contribution >= 4 is 17.2 Å². The van der Waals surface area contributed by atoms with Crippen LogP contribution in [0.5, 0.6) is 0 Å². The maximum absolute atomic E-state index is 11.8. The van der Waals surface area contributed by atoms with Crippen LogP contribution in [-0.4, -0.2) is 23.7 Å². The Hall–Kier alpha value is -0.910. The molecule has 2 atom stereocenters. The molecule has 0 spiro atoms. The first-order valence-electron chi connectivity index (χ1n) is 5.39. The van der Waals surface area contributed by atoms with E-state index in [0.29, 0.717) is 6.42 Å². The number of carbonyl (C=O) groups excluding carboxylic acids is 1. The quantitative estimate of drug-likeness (QED) is 0.697. The molecule has 0 fully saturated rings. The summed E-state index contributed by atoms with van der Waals surface area (Å²) < 4.78 is 0. The molecule has 1 heterocycles. The minimum Gasteiger partial charge on any atom is -0.396 e. The second-order valence-corrected chi connectivity index (χ2v) is 4.60. The molecule has 4 nitrogen and oxygen atoms in total. The van der Waals surface area contributed by atoms with Crippen LogP contribution in [0.2, 0.25) is 0 Å². The number of aliphatic hydroxyl groups excluding tert-OH is 1. The van der Waals surface area contributed by atoms with E-state index < -0.39 is 6.04 Å². The summed E-state index contributed by atoms with van der Waals surface area (Å²) in [7, 11) is 0. The molecule has 16 heavy (non-hydrogen) atoms. The van der Waals surface area contributed by atoms with Gasteiger partial charge in [-0.25, -0.2) is 0 Å². The van der Waals surface area contributed by atoms with E-state index >= 15 is 0 Å². The SMILES string of the molecule is CCC(CCO)NC(=O)C(N)c1cccs1. The van der Waals surface area contributed by atoms with Crippen LogP contribution in [-0.2, 0) is 4.79 Å². The minimum absolute atomic E-state index is 0.00325. The second kappa shape index (κ2) is 6.62. The van der Waals surface area contributed by atoms with Crippen LogP contribution in [0.1, 0.15) is 30.7 Å². The van der Waals surface area contributed by atoms with E-state index in [9.17, 15) is 4.79 Å². The molecule has 0 saturated heterocycles. The fourth-order valence-corrected chi connectivity index (χ4v) is 2.15.